The van der Waals surface area contributed by atoms with E-state index in [1.54, 1.807) is 36.4 Å². The standard InChI is InChI=1S/C20H16O4/c21-17-10-6-12-19(16(17)13-14-7-2-1-3-8-14)24-18-11-5-4-9-15(18)20(22)23/h1-12,21H,13H2,(H,22,23). The molecule has 0 radical (unpaired) electrons. The Labute approximate surface area is 139 Å². The molecule has 24 heavy (non-hydrogen) atoms. The molecular weight excluding hydrogens is 304 g/mol. The summed E-state index contributed by atoms with van der Waals surface area (Å²) in [5.41, 5.74) is 1.71. The Morgan fingerprint density at radius 2 is 1.50 bits per heavy atom. The Morgan fingerprint density at radius 1 is 0.833 bits per heavy atom. The summed E-state index contributed by atoms with van der Waals surface area (Å²) in [6.45, 7) is 0. The van der Waals surface area contributed by atoms with Crippen LogP contribution in [0.1, 0.15) is 21.5 Å². The van der Waals surface area contributed by atoms with Crippen molar-refractivity contribution in [2.75, 3.05) is 0 Å². The lowest BCUT2D eigenvalue weighted by Crippen LogP contribution is -2.01. The van der Waals surface area contributed by atoms with Gasteiger partial charge in [-0.2, -0.15) is 0 Å². The fourth-order valence-electron chi connectivity index (χ4n) is 2.48. The number of ether oxygens (including phenoxy) is 1. The van der Waals surface area contributed by atoms with Crippen molar-refractivity contribution in [1.82, 2.24) is 0 Å². The van der Waals surface area contributed by atoms with Crippen molar-refractivity contribution in [3.05, 3.63) is 89.5 Å². The summed E-state index contributed by atoms with van der Waals surface area (Å²) in [6, 6.07) is 21.1. The molecule has 0 aliphatic heterocycles. The third-order valence-corrected chi connectivity index (χ3v) is 3.67. The van der Waals surface area contributed by atoms with Gasteiger partial charge in [-0.3, -0.25) is 0 Å². The minimum atomic E-state index is -1.06. The number of phenols is 1. The van der Waals surface area contributed by atoms with E-state index in [1.165, 1.54) is 6.07 Å². The Kier molecular flexibility index (Phi) is 4.47. The number of aromatic hydroxyl groups is 1. The molecule has 0 heterocycles. The Hall–Kier alpha value is -3.27. The predicted molar refractivity (Wildman–Crippen MR) is 90.8 cm³/mol. The van der Waals surface area contributed by atoms with Gasteiger partial charge in [-0.1, -0.05) is 48.5 Å². The van der Waals surface area contributed by atoms with Gasteiger partial charge in [0.2, 0.25) is 0 Å². The molecule has 4 heteroatoms. The van der Waals surface area contributed by atoms with Gasteiger partial charge in [0.15, 0.2) is 0 Å². The molecule has 3 aromatic carbocycles. The molecule has 0 amide bonds. The number of phenolic OH excluding ortho intramolecular Hbond substituents is 1. The maximum Gasteiger partial charge on any atom is 0.339 e. The molecule has 0 saturated carbocycles. The molecule has 0 aliphatic carbocycles. The quantitative estimate of drug-likeness (QED) is 0.727. The Balaban J connectivity index is 1.98. The van der Waals surface area contributed by atoms with E-state index in [0.29, 0.717) is 17.7 Å². The van der Waals surface area contributed by atoms with E-state index in [-0.39, 0.29) is 17.1 Å². The molecule has 0 aliphatic rings. The van der Waals surface area contributed by atoms with E-state index in [1.807, 2.05) is 30.3 Å². The second kappa shape index (κ2) is 6.87. The molecule has 0 atom stereocenters. The highest BCUT2D eigenvalue weighted by atomic mass is 16.5. The summed E-state index contributed by atoms with van der Waals surface area (Å²) < 4.78 is 5.81. The van der Waals surface area contributed by atoms with Gasteiger partial charge in [0.25, 0.3) is 0 Å². The maximum absolute atomic E-state index is 11.3. The van der Waals surface area contributed by atoms with E-state index in [4.69, 9.17) is 4.74 Å². The minimum Gasteiger partial charge on any atom is -0.508 e. The normalized spacial score (nSPS) is 10.3. The number of rotatable bonds is 5. The van der Waals surface area contributed by atoms with Crippen molar-refractivity contribution in [3.8, 4) is 17.2 Å². The Bertz CT molecular complexity index is 857. The second-order valence-electron chi connectivity index (χ2n) is 5.32. The maximum atomic E-state index is 11.3. The van der Waals surface area contributed by atoms with E-state index in [9.17, 15) is 15.0 Å². The second-order valence-corrected chi connectivity index (χ2v) is 5.32. The number of hydrogen-bond acceptors (Lipinski definition) is 3. The van der Waals surface area contributed by atoms with Crippen LogP contribution in [0.2, 0.25) is 0 Å². The van der Waals surface area contributed by atoms with Crippen LogP contribution in [0.4, 0.5) is 0 Å². The number of aromatic carboxylic acids is 1. The van der Waals surface area contributed by atoms with Crippen LogP contribution in [0.3, 0.4) is 0 Å². The van der Waals surface area contributed by atoms with Crippen LogP contribution >= 0.6 is 0 Å². The average molecular weight is 320 g/mol. The largest absolute Gasteiger partial charge is 0.508 e. The third-order valence-electron chi connectivity index (χ3n) is 3.67. The number of carbonyl (C=O) groups is 1. The fourth-order valence-corrected chi connectivity index (χ4v) is 2.48. The van der Waals surface area contributed by atoms with Crippen molar-refractivity contribution in [2.45, 2.75) is 6.42 Å². The topological polar surface area (TPSA) is 66.8 Å². The molecule has 2 N–H and O–H groups in total. The van der Waals surface area contributed by atoms with Crippen molar-refractivity contribution in [2.24, 2.45) is 0 Å². The zero-order valence-corrected chi connectivity index (χ0v) is 12.8. The molecule has 0 aromatic heterocycles. The van der Waals surface area contributed by atoms with Gasteiger partial charge in [0, 0.05) is 12.0 Å². The predicted octanol–water partition coefficient (Wildman–Crippen LogP) is 4.47. The van der Waals surface area contributed by atoms with E-state index < -0.39 is 5.97 Å². The lowest BCUT2D eigenvalue weighted by Gasteiger charge is -2.14. The highest BCUT2D eigenvalue weighted by molar-refractivity contribution is 5.90. The van der Waals surface area contributed by atoms with E-state index in [2.05, 4.69) is 0 Å². The van der Waals surface area contributed by atoms with Crippen molar-refractivity contribution < 1.29 is 19.7 Å². The minimum absolute atomic E-state index is 0.0755. The molecule has 120 valence electrons. The van der Waals surface area contributed by atoms with Crippen molar-refractivity contribution >= 4 is 5.97 Å². The van der Waals surface area contributed by atoms with E-state index in [0.717, 1.165) is 5.56 Å². The zero-order valence-electron chi connectivity index (χ0n) is 12.8. The van der Waals surface area contributed by atoms with Gasteiger partial charge in [0.1, 0.15) is 22.8 Å². The first-order valence-corrected chi connectivity index (χ1v) is 7.50. The lowest BCUT2D eigenvalue weighted by atomic mass is 10.0. The highest BCUT2D eigenvalue weighted by Gasteiger charge is 2.15. The molecule has 3 aromatic rings. The molecule has 0 fully saturated rings. The first-order valence-electron chi connectivity index (χ1n) is 7.50. The van der Waals surface area contributed by atoms with E-state index >= 15 is 0 Å². The smallest absolute Gasteiger partial charge is 0.339 e. The van der Waals surface area contributed by atoms with Crippen molar-refractivity contribution in [3.63, 3.8) is 0 Å². The molecule has 0 bridgehead atoms. The summed E-state index contributed by atoms with van der Waals surface area (Å²) in [5.74, 6) is -0.267. The van der Waals surface area contributed by atoms with Crippen molar-refractivity contribution in [1.29, 1.82) is 0 Å². The highest BCUT2D eigenvalue weighted by Crippen LogP contribution is 2.34. The van der Waals surface area contributed by atoms with Crippen LogP contribution in [-0.2, 0) is 6.42 Å². The van der Waals surface area contributed by atoms with Gasteiger partial charge in [-0.25, -0.2) is 4.79 Å². The van der Waals surface area contributed by atoms with Gasteiger partial charge in [0.05, 0.1) is 0 Å². The van der Waals surface area contributed by atoms with Gasteiger partial charge in [-0.05, 0) is 29.8 Å². The van der Waals surface area contributed by atoms with Crippen LogP contribution < -0.4 is 4.74 Å². The number of hydrogen-bond donors (Lipinski definition) is 2. The van der Waals surface area contributed by atoms with Crippen LogP contribution in [0, 0.1) is 0 Å². The zero-order chi connectivity index (χ0) is 16.9. The van der Waals surface area contributed by atoms with Gasteiger partial charge in [-0.15, -0.1) is 0 Å². The molecule has 0 spiro atoms. The van der Waals surface area contributed by atoms with Crippen LogP contribution in [0.25, 0.3) is 0 Å². The number of carboxylic acid groups (broad SMARTS) is 1. The monoisotopic (exact) mass is 320 g/mol. The fraction of sp³-hybridized carbons (Fsp3) is 0.0500. The SMILES string of the molecule is O=C(O)c1ccccc1Oc1cccc(O)c1Cc1ccccc1. The Morgan fingerprint density at radius 3 is 2.25 bits per heavy atom. The molecule has 4 nitrogen and oxygen atoms in total. The summed E-state index contributed by atoms with van der Waals surface area (Å²) >= 11 is 0. The molecule has 0 saturated heterocycles. The average Bonchev–Trinajstić information content (AvgIpc) is 2.59. The number of benzene rings is 3. The summed E-state index contributed by atoms with van der Waals surface area (Å²) in [5, 5.41) is 19.5. The van der Waals surface area contributed by atoms with Crippen LogP contribution in [0.15, 0.2) is 72.8 Å². The summed E-state index contributed by atoms with van der Waals surface area (Å²) in [7, 11) is 0. The molecular formula is C20H16O4. The summed E-state index contributed by atoms with van der Waals surface area (Å²) in [6.07, 6.45) is 0.484. The van der Waals surface area contributed by atoms with Gasteiger partial charge < -0.3 is 14.9 Å². The molecule has 0 unspecified atom stereocenters. The van der Waals surface area contributed by atoms with Crippen LogP contribution in [0.5, 0.6) is 17.2 Å². The first-order chi connectivity index (χ1) is 11.6. The number of carboxylic acids is 1. The lowest BCUT2D eigenvalue weighted by molar-refractivity contribution is 0.0694. The van der Waals surface area contributed by atoms with Crippen LogP contribution in [-0.4, -0.2) is 16.2 Å². The molecule has 3 rings (SSSR count). The third kappa shape index (κ3) is 3.38. The first kappa shape index (κ1) is 15.6. The summed E-state index contributed by atoms with van der Waals surface area (Å²) in [4.78, 5) is 11.3. The van der Waals surface area contributed by atoms with Gasteiger partial charge >= 0.3 is 5.97 Å². The number of para-hydroxylation sites is 1.